The highest BCUT2D eigenvalue weighted by Gasteiger charge is 2.19. The molecule has 0 bridgehead atoms. The fraction of sp³-hybridized carbons (Fsp3) is 0.364. The number of aryl methyl sites for hydroxylation is 2. The Balaban J connectivity index is 0. The van der Waals surface area contributed by atoms with Gasteiger partial charge < -0.3 is 9.84 Å². The van der Waals surface area contributed by atoms with Crippen molar-refractivity contribution in [2.24, 2.45) is 0 Å². The number of carboxylic acid groups (broad SMARTS) is 1. The van der Waals surface area contributed by atoms with Crippen molar-refractivity contribution in [3.05, 3.63) is 67.6 Å². The molecular formula is C22H30Br2O4. The second-order valence-corrected chi connectivity index (χ2v) is 8.56. The number of ether oxygens (including phenoxy) is 1. The molecule has 0 spiro atoms. The molecule has 0 heterocycles. The molecule has 0 fully saturated rings. The summed E-state index contributed by atoms with van der Waals surface area (Å²) in [4.78, 5) is 22.3. The molecule has 0 unspecified atom stereocenters. The molecule has 28 heavy (non-hydrogen) atoms. The lowest BCUT2D eigenvalue weighted by Gasteiger charge is -2.20. The average molecular weight is 518 g/mol. The van der Waals surface area contributed by atoms with Crippen LogP contribution in [0, 0.1) is 13.8 Å². The first-order valence-electron chi connectivity index (χ1n) is 7.89. The third-order valence-corrected chi connectivity index (χ3v) is 4.21. The van der Waals surface area contributed by atoms with Crippen molar-refractivity contribution in [3.8, 4) is 0 Å². The van der Waals surface area contributed by atoms with Gasteiger partial charge in [0.05, 0.1) is 11.1 Å². The quantitative estimate of drug-likeness (QED) is 0.420. The molecule has 0 aliphatic carbocycles. The number of halogens is 2. The Hall–Kier alpha value is -1.66. The normalized spacial score (nSPS) is 9.82. The molecule has 0 radical (unpaired) electrons. The molecule has 0 aromatic heterocycles. The number of carbonyl (C=O) groups excluding carboxylic acids is 1. The minimum Gasteiger partial charge on any atom is -0.478 e. The highest BCUT2D eigenvalue weighted by Crippen LogP contribution is 2.19. The lowest BCUT2D eigenvalue weighted by Crippen LogP contribution is -2.24. The molecular weight excluding hydrogens is 488 g/mol. The summed E-state index contributed by atoms with van der Waals surface area (Å²) in [5.74, 6) is -1.15. The number of aromatic carboxylic acids is 1. The Kier molecular flexibility index (Phi) is 12.3. The monoisotopic (exact) mass is 516 g/mol. The first kappa shape index (κ1) is 28.5. The van der Waals surface area contributed by atoms with E-state index in [-0.39, 0.29) is 20.8 Å². The summed E-state index contributed by atoms with van der Waals surface area (Å²) in [6.07, 6.45) is 0. The zero-order valence-electron chi connectivity index (χ0n) is 15.4. The van der Waals surface area contributed by atoms with Crippen LogP contribution in [0.2, 0.25) is 0 Å². The lowest BCUT2D eigenvalue weighted by molar-refractivity contribution is 0.00685. The molecule has 2 aromatic carbocycles. The number of hydrogen-bond acceptors (Lipinski definition) is 3. The van der Waals surface area contributed by atoms with E-state index >= 15 is 0 Å². The molecule has 0 aliphatic rings. The summed E-state index contributed by atoms with van der Waals surface area (Å²) in [7, 11) is 0. The van der Waals surface area contributed by atoms with Crippen LogP contribution in [-0.2, 0) is 4.74 Å². The minimum atomic E-state index is -0.880. The largest absolute Gasteiger partial charge is 0.478 e. The standard InChI is InChI=1S/C12H15BrO2.C8H7BrO2.2CH4/c1-8-7-9(13)5-6-10(8)11(14)15-12(2,3)4;1-5-4-6(9)2-3-7(5)8(10)11;;/h5-7H,1-4H3;2-4H,1H3,(H,10,11);2*1H4. The zero-order valence-corrected chi connectivity index (χ0v) is 18.6. The number of hydrogen-bond donors (Lipinski definition) is 1. The summed E-state index contributed by atoms with van der Waals surface area (Å²) < 4.78 is 7.16. The van der Waals surface area contributed by atoms with Gasteiger partial charge in [-0.05, 0) is 82.1 Å². The maximum absolute atomic E-state index is 11.8. The Bertz CT molecular complexity index is 809. The smallest absolute Gasteiger partial charge is 0.338 e. The summed E-state index contributed by atoms with van der Waals surface area (Å²) >= 11 is 6.61. The number of rotatable bonds is 2. The Morgan fingerprint density at radius 1 is 0.857 bits per heavy atom. The van der Waals surface area contributed by atoms with E-state index in [9.17, 15) is 9.59 Å². The molecule has 0 amide bonds. The van der Waals surface area contributed by atoms with E-state index in [4.69, 9.17) is 9.84 Å². The van der Waals surface area contributed by atoms with E-state index in [0.717, 1.165) is 20.1 Å². The van der Waals surface area contributed by atoms with Crippen LogP contribution in [0.4, 0.5) is 0 Å². The number of carboxylic acids is 1. The second-order valence-electron chi connectivity index (χ2n) is 6.73. The van der Waals surface area contributed by atoms with Crippen molar-refractivity contribution >= 4 is 43.8 Å². The highest BCUT2D eigenvalue weighted by atomic mass is 79.9. The number of esters is 1. The molecule has 2 aromatic rings. The van der Waals surface area contributed by atoms with Gasteiger partial charge in [-0.15, -0.1) is 0 Å². The molecule has 0 aliphatic heterocycles. The van der Waals surface area contributed by atoms with E-state index < -0.39 is 11.6 Å². The molecule has 0 saturated heterocycles. The third kappa shape index (κ3) is 9.51. The predicted octanol–water partition coefficient (Wildman–Crippen LogP) is 7.44. The first-order chi connectivity index (χ1) is 11.9. The topological polar surface area (TPSA) is 63.6 Å². The number of benzene rings is 2. The van der Waals surface area contributed by atoms with E-state index in [1.807, 2.05) is 39.8 Å². The van der Waals surface area contributed by atoms with Gasteiger partial charge in [-0.25, -0.2) is 9.59 Å². The molecule has 0 atom stereocenters. The Labute approximate surface area is 185 Å². The molecule has 0 saturated carbocycles. The van der Waals surface area contributed by atoms with Gasteiger partial charge in [0.25, 0.3) is 0 Å². The van der Waals surface area contributed by atoms with Crippen LogP contribution in [0.3, 0.4) is 0 Å². The Morgan fingerprint density at radius 2 is 1.25 bits per heavy atom. The van der Waals surface area contributed by atoms with Crippen molar-refractivity contribution in [2.75, 3.05) is 0 Å². The van der Waals surface area contributed by atoms with Gasteiger partial charge in [0, 0.05) is 8.95 Å². The maximum atomic E-state index is 11.8. The summed E-state index contributed by atoms with van der Waals surface area (Å²) in [5, 5.41) is 8.64. The molecule has 156 valence electrons. The van der Waals surface area contributed by atoms with Gasteiger partial charge in [-0.1, -0.05) is 46.7 Å². The van der Waals surface area contributed by atoms with Gasteiger partial charge in [0.1, 0.15) is 5.60 Å². The third-order valence-electron chi connectivity index (χ3n) is 3.23. The average Bonchev–Trinajstić information content (AvgIpc) is 2.45. The van der Waals surface area contributed by atoms with Crippen molar-refractivity contribution in [1.29, 1.82) is 0 Å². The molecule has 6 heteroatoms. The van der Waals surface area contributed by atoms with E-state index in [1.165, 1.54) is 0 Å². The van der Waals surface area contributed by atoms with Crippen LogP contribution < -0.4 is 0 Å². The summed E-state index contributed by atoms with van der Waals surface area (Å²) in [6, 6.07) is 10.6. The summed E-state index contributed by atoms with van der Waals surface area (Å²) in [5.41, 5.74) is 2.21. The van der Waals surface area contributed by atoms with E-state index in [0.29, 0.717) is 11.1 Å². The maximum Gasteiger partial charge on any atom is 0.338 e. The van der Waals surface area contributed by atoms with Crippen LogP contribution in [0.1, 0.15) is 67.5 Å². The molecule has 4 nitrogen and oxygen atoms in total. The van der Waals surface area contributed by atoms with Crippen LogP contribution >= 0.6 is 31.9 Å². The first-order valence-corrected chi connectivity index (χ1v) is 9.48. The highest BCUT2D eigenvalue weighted by molar-refractivity contribution is 9.10. The zero-order chi connectivity index (χ0) is 20.1. The van der Waals surface area contributed by atoms with Crippen molar-refractivity contribution < 1.29 is 19.4 Å². The van der Waals surface area contributed by atoms with Crippen LogP contribution in [0.5, 0.6) is 0 Å². The van der Waals surface area contributed by atoms with E-state index in [2.05, 4.69) is 31.9 Å². The van der Waals surface area contributed by atoms with Gasteiger partial charge in [0.15, 0.2) is 0 Å². The van der Waals surface area contributed by atoms with Gasteiger partial charge in [-0.3, -0.25) is 0 Å². The molecule has 1 N–H and O–H groups in total. The fourth-order valence-electron chi connectivity index (χ4n) is 2.06. The molecule has 2 rings (SSSR count). The van der Waals surface area contributed by atoms with Crippen LogP contribution in [-0.4, -0.2) is 22.6 Å². The number of carbonyl (C=O) groups is 2. The van der Waals surface area contributed by atoms with Gasteiger partial charge in [-0.2, -0.15) is 0 Å². The second kappa shape index (κ2) is 12.0. The Morgan fingerprint density at radius 3 is 1.57 bits per heavy atom. The van der Waals surface area contributed by atoms with Crippen molar-refractivity contribution in [2.45, 2.75) is 55.1 Å². The fourth-order valence-corrected chi connectivity index (χ4v) is 3.01. The van der Waals surface area contributed by atoms with Crippen LogP contribution in [0.15, 0.2) is 45.3 Å². The van der Waals surface area contributed by atoms with E-state index in [1.54, 1.807) is 31.2 Å². The SMILES string of the molecule is C.C.Cc1cc(Br)ccc1C(=O)O.Cc1cc(Br)ccc1C(=O)OC(C)(C)C. The van der Waals surface area contributed by atoms with Gasteiger partial charge >= 0.3 is 11.9 Å². The van der Waals surface area contributed by atoms with Crippen molar-refractivity contribution in [3.63, 3.8) is 0 Å². The summed E-state index contributed by atoms with van der Waals surface area (Å²) in [6.45, 7) is 9.25. The van der Waals surface area contributed by atoms with Gasteiger partial charge in [0.2, 0.25) is 0 Å². The minimum absolute atomic E-state index is 0. The van der Waals surface area contributed by atoms with Crippen LogP contribution in [0.25, 0.3) is 0 Å². The lowest BCUT2D eigenvalue weighted by atomic mass is 10.1. The predicted molar refractivity (Wildman–Crippen MR) is 123 cm³/mol. The van der Waals surface area contributed by atoms with Crippen molar-refractivity contribution in [1.82, 2.24) is 0 Å².